The van der Waals surface area contributed by atoms with E-state index in [4.69, 9.17) is 4.74 Å². The highest BCUT2D eigenvalue weighted by molar-refractivity contribution is 5.87. The predicted molar refractivity (Wildman–Crippen MR) is 64.6 cm³/mol. The van der Waals surface area contributed by atoms with Gasteiger partial charge in [-0.3, -0.25) is 15.4 Å². The standard InChI is InChI=1S/C11H14N2O5/c1-7(2)6-18-11(15)12-9-5-8(13(16)17)3-4-10(9)14/h3-5,7,14H,6H2,1-2H3,(H,12,15). The van der Waals surface area contributed by atoms with Crippen molar-refractivity contribution in [3.8, 4) is 5.75 Å². The third-order valence-electron chi connectivity index (χ3n) is 1.98. The van der Waals surface area contributed by atoms with Crippen molar-refractivity contribution >= 4 is 17.5 Å². The molecule has 0 saturated carbocycles. The van der Waals surface area contributed by atoms with E-state index in [2.05, 4.69) is 5.32 Å². The van der Waals surface area contributed by atoms with Gasteiger partial charge in [-0.1, -0.05) is 13.8 Å². The van der Waals surface area contributed by atoms with Gasteiger partial charge in [0.2, 0.25) is 0 Å². The Morgan fingerprint density at radius 1 is 1.56 bits per heavy atom. The van der Waals surface area contributed by atoms with Gasteiger partial charge < -0.3 is 9.84 Å². The molecule has 0 aliphatic heterocycles. The van der Waals surface area contributed by atoms with Crippen LogP contribution in [0, 0.1) is 16.0 Å². The summed E-state index contributed by atoms with van der Waals surface area (Å²) in [5.41, 5.74) is -0.287. The number of nitrogens with one attached hydrogen (secondary N) is 1. The van der Waals surface area contributed by atoms with E-state index in [-0.39, 0.29) is 29.6 Å². The number of aromatic hydroxyl groups is 1. The lowest BCUT2D eigenvalue weighted by Gasteiger charge is -2.09. The molecule has 1 aromatic rings. The van der Waals surface area contributed by atoms with Crippen molar-refractivity contribution < 1.29 is 19.6 Å². The molecule has 0 atom stereocenters. The lowest BCUT2D eigenvalue weighted by molar-refractivity contribution is -0.384. The lowest BCUT2D eigenvalue weighted by Crippen LogP contribution is -2.16. The molecule has 0 aliphatic rings. The summed E-state index contributed by atoms with van der Waals surface area (Å²) in [4.78, 5) is 21.3. The van der Waals surface area contributed by atoms with Crippen molar-refractivity contribution in [2.45, 2.75) is 13.8 Å². The van der Waals surface area contributed by atoms with Crippen LogP contribution in [0.3, 0.4) is 0 Å². The van der Waals surface area contributed by atoms with Gasteiger partial charge in [0.05, 0.1) is 17.2 Å². The van der Waals surface area contributed by atoms with Crippen LogP contribution < -0.4 is 5.32 Å². The summed E-state index contributed by atoms with van der Waals surface area (Å²) in [7, 11) is 0. The summed E-state index contributed by atoms with van der Waals surface area (Å²) < 4.78 is 4.83. The van der Waals surface area contributed by atoms with Crippen molar-refractivity contribution in [1.29, 1.82) is 0 Å². The highest BCUT2D eigenvalue weighted by atomic mass is 16.6. The lowest BCUT2D eigenvalue weighted by atomic mass is 10.2. The first-order chi connectivity index (χ1) is 8.40. The molecule has 98 valence electrons. The van der Waals surface area contributed by atoms with Crippen molar-refractivity contribution in [3.63, 3.8) is 0 Å². The minimum Gasteiger partial charge on any atom is -0.506 e. The highest BCUT2D eigenvalue weighted by Crippen LogP contribution is 2.27. The number of anilines is 1. The van der Waals surface area contributed by atoms with Crippen molar-refractivity contribution in [1.82, 2.24) is 0 Å². The molecule has 18 heavy (non-hydrogen) atoms. The Labute approximate surface area is 104 Å². The topological polar surface area (TPSA) is 102 Å². The van der Waals surface area contributed by atoms with Crippen LogP contribution in [0.5, 0.6) is 5.75 Å². The third-order valence-corrected chi connectivity index (χ3v) is 1.98. The molecule has 1 amide bonds. The molecule has 1 rings (SSSR count). The van der Waals surface area contributed by atoms with E-state index >= 15 is 0 Å². The van der Waals surface area contributed by atoms with Gasteiger partial charge in [-0.05, 0) is 12.0 Å². The Balaban J connectivity index is 2.74. The number of non-ortho nitro benzene ring substituents is 1. The van der Waals surface area contributed by atoms with Gasteiger partial charge in [0.15, 0.2) is 0 Å². The van der Waals surface area contributed by atoms with Gasteiger partial charge in [-0.15, -0.1) is 0 Å². The highest BCUT2D eigenvalue weighted by Gasteiger charge is 2.13. The number of hydrogen-bond donors (Lipinski definition) is 2. The Kier molecular flexibility index (Phi) is 4.47. The minimum absolute atomic E-state index is 0.0574. The number of phenols is 1. The fourth-order valence-corrected chi connectivity index (χ4v) is 1.13. The number of carbonyl (C=O) groups excluding carboxylic acids is 1. The molecule has 0 bridgehead atoms. The second kappa shape index (κ2) is 5.85. The number of phenolic OH excluding ortho intramolecular Hbond substituents is 1. The normalized spacial score (nSPS) is 10.2. The summed E-state index contributed by atoms with van der Waals surface area (Å²) >= 11 is 0. The summed E-state index contributed by atoms with van der Waals surface area (Å²) in [5, 5.41) is 22.2. The number of nitro groups is 1. The van der Waals surface area contributed by atoms with Crippen LogP contribution in [0.2, 0.25) is 0 Å². The van der Waals surface area contributed by atoms with E-state index in [1.165, 1.54) is 0 Å². The first-order valence-corrected chi connectivity index (χ1v) is 5.31. The van der Waals surface area contributed by atoms with Crippen molar-refractivity contribution in [2.75, 3.05) is 11.9 Å². The molecule has 0 aromatic heterocycles. The molecule has 0 radical (unpaired) electrons. The Hall–Kier alpha value is -2.31. The quantitative estimate of drug-likeness (QED) is 0.488. The van der Waals surface area contributed by atoms with Crippen molar-refractivity contribution in [3.05, 3.63) is 28.3 Å². The Morgan fingerprint density at radius 3 is 2.78 bits per heavy atom. The van der Waals surface area contributed by atoms with Gasteiger partial charge >= 0.3 is 6.09 Å². The third kappa shape index (κ3) is 3.93. The minimum atomic E-state index is -0.764. The molecule has 7 nitrogen and oxygen atoms in total. The van der Waals surface area contributed by atoms with Gasteiger partial charge in [0.25, 0.3) is 5.69 Å². The molecular weight excluding hydrogens is 240 g/mol. The molecule has 0 heterocycles. The van der Waals surface area contributed by atoms with E-state index in [9.17, 15) is 20.0 Å². The van der Waals surface area contributed by atoms with E-state index in [0.29, 0.717) is 0 Å². The van der Waals surface area contributed by atoms with E-state index in [0.717, 1.165) is 18.2 Å². The summed E-state index contributed by atoms with van der Waals surface area (Å²) in [6.45, 7) is 3.97. The molecule has 0 saturated heterocycles. The van der Waals surface area contributed by atoms with Gasteiger partial charge in [-0.25, -0.2) is 4.79 Å². The summed E-state index contributed by atoms with van der Waals surface area (Å²) in [6, 6.07) is 3.34. The van der Waals surface area contributed by atoms with Crippen molar-refractivity contribution in [2.24, 2.45) is 5.92 Å². The molecule has 0 unspecified atom stereocenters. The van der Waals surface area contributed by atoms with Gasteiger partial charge in [0.1, 0.15) is 5.75 Å². The largest absolute Gasteiger partial charge is 0.506 e. The summed E-state index contributed by atoms with van der Waals surface area (Å²) in [5.74, 6) is -0.0865. The number of benzene rings is 1. The maximum Gasteiger partial charge on any atom is 0.411 e. The second-order valence-corrected chi connectivity index (χ2v) is 4.08. The first kappa shape index (κ1) is 13.8. The number of nitro benzene ring substituents is 1. The molecular formula is C11H14N2O5. The Bertz CT molecular complexity index is 459. The van der Waals surface area contributed by atoms with Gasteiger partial charge in [-0.2, -0.15) is 0 Å². The smallest absolute Gasteiger partial charge is 0.411 e. The van der Waals surface area contributed by atoms with E-state index < -0.39 is 11.0 Å². The number of rotatable bonds is 4. The maximum atomic E-state index is 11.3. The van der Waals surface area contributed by atoms with Crippen LogP contribution in [0.4, 0.5) is 16.2 Å². The van der Waals surface area contributed by atoms with Crippen LogP contribution >= 0.6 is 0 Å². The van der Waals surface area contributed by atoms with Gasteiger partial charge in [0, 0.05) is 12.1 Å². The number of nitrogens with zero attached hydrogens (tertiary/aromatic N) is 1. The molecule has 7 heteroatoms. The molecule has 0 fully saturated rings. The van der Waals surface area contributed by atoms with E-state index in [1.54, 1.807) is 0 Å². The zero-order valence-corrected chi connectivity index (χ0v) is 10.0. The SMILES string of the molecule is CC(C)COC(=O)Nc1cc([N+](=O)[O-])ccc1O. The van der Waals surface area contributed by atoms with Crippen LogP contribution in [-0.2, 0) is 4.74 Å². The van der Waals surface area contributed by atoms with E-state index in [1.807, 2.05) is 13.8 Å². The average molecular weight is 254 g/mol. The zero-order chi connectivity index (χ0) is 13.7. The van der Waals surface area contributed by atoms with Crippen LogP contribution in [0.25, 0.3) is 0 Å². The second-order valence-electron chi connectivity index (χ2n) is 4.08. The summed E-state index contributed by atoms with van der Waals surface area (Å²) in [6.07, 6.45) is -0.764. The Morgan fingerprint density at radius 2 is 2.22 bits per heavy atom. The molecule has 0 aliphatic carbocycles. The number of carbonyl (C=O) groups is 1. The maximum absolute atomic E-state index is 11.3. The van der Waals surface area contributed by atoms with Crippen LogP contribution in [-0.4, -0.2) is 22.7 Å². The molecule has 1 aromatic carbocycles. The van der Waals surface area contributed by atoms with Crippen LogP contribution in [0.15, 0.2) is 18.2 Å². The number of ether oxygens (including phenoxy) is 1. The molecule has 0 spiro atoms. The predicted octanol–water partition coefficient (Wildman–Crippen LogP) is 2.50. The first-order valence-electron chi connectivity index (χ1n) is 5.31. The number of amides is 1. The monoisotopic (exact) mass is 254 g/mol. The fraction of sp³-hybridized carbons (Fsp3) is 0.364. The fourth-order valence-electron chi connectivity index (χ4n) is 1.13. The zero-order valence-electron chi connectivity index (χ0n) is 10.0. The number of hydrogen-bond acceptors (Lipinski definition) is 5. The molecule has 2 N–H and O–H groups in total. The van der Waals surface area contributed by atoms with Crippen LogP contribution in [0.1, 0.15) is 13.8 Å². The average Bonchev–Trinajstić information content (AvgIpc) is 2.29.